The molecule has 1 amide bonds. The second-order valence-corrected chi connectivity index (χ2v) is 6.99. The minimum Gasteiger partial charge on any atom is -0.325 e. The zero-order valence-electron chi connectivity index (χ0n) is 10.5. The van der Waals surface area contributed by atoms with E-state index in [4.69, 9.17) is 0 Å². The minimum atomic E-state index is -0.0326. The molecule has 1 aromatic heterocycles. The van der Waals surface area contributed by atoms with Crippen LogP contribution in [-0.2, 0) is 4.79 Å². The van der Waals surface area contributed by atoms with E-state index in [2.05, 4.69) is 15.5 Å². The molecular formula is C12H13N3OS3. The number of nitrogens with one attached hydrogen (secondary N) is 1. The Bertz CT molecular complexity index is 554. The number of hydrogen-bond donors (Lipinski definition) is 1. The monoisotopic (exact) mass is 311 g/mol. The zero-order valence-corrected chi connectivity index (χ0v) is 13.0. The lowest BCUT2D eigenvalue weighted by molar-refractivity contribution is -0.113. The van der Waals surface area contributed by atoms with Crippen LogP contribution in [0.2, 0.25) is 0 Å². The third kappa shape index (κ3) is 4.52. The summed E-state index contributed by atoms with van der Waals surface area (Å²) in [7, 11) is 0. The first kappa shape index (κ1) is 14.4. The third-order valence-corrected chi connectivity index (χ3v) is 5.26. The van der Waals surface area contributed by atoms with E-state index in [0.717, 1.165) is 14.4 Å². The average molecular weight is 311 g/mol. The number of benzene rings is 1. The van der Waals surface area contributed by atoms with E-state index in [1.807, 2.05) is 37.4 Å². The van der Waals surface area contributed by atoms with Crippen molar-refractivity contribution in [1.82, 2.24) is 10.2 Å². The van der Waals surface area contributed by atoms with Gasteiger partial charge in [0.25, 0.3) is 0 Å². The fourth-order valence-electron chi connectivity index (χ4n) is 1.30. The van der Waals surface area contributed by atoms with Gasteiger partial charge in [-0.3, -0.25) is 4.79 Å². The summed E-state index contributed by atoms with van der Waals surface area (Å²) in [6.07, 6.45) is 1.96. The van der Waals surface area contributed by atoms with Gasteiger partial charge in [-0.25, -0.2) is 0 Å². The summed E-state index contributed by atoms with van der Waals surface area (Å²) < 4.78 is 1.74. The van der Waals surface area contributed by atoms with Crippen molar-refractivity contribution in [3.05, 3.63) is 29.8 Å². The Morgan fingerprint density at radius 2 is 1.95 bits per heavy atom. The van der Waals surface area contributed by atoms with Gasteiger partial charge in [0.15, 0.2) is 8.68 Å². The van der Waals surface area contributed by atoms with E-state index in [-0.39, 0.29) is 5.91 Å². The number of amides is 1. The van der Waals surface area contributed by atoms with Gasteiger partial charge in [-0.15, -0.1) is 10.2 Å². The number of rotatable bonds is 5. The van der Waals surface area contributed by atoms with Crippen LogP contribution in [0.4, 0.5) is 5.69 Å². The van der Waals surface area contributed by atoms with Crippen LogP contribution in [0.3, 0.4) is 0 Å². The van der Waals surface area contributed by atoms with Gasteiger partial charge in [-0.1, -0.05) is 52.6 Å². The smallest absolute Gasteiger partial charge is 0.234 e. The number of aromatic nitrogens is 2. The summed E-state index contributed by atoms with van der Waals surface area (Å²) in [6.45, 7) is 2.01. The first-order valence-electron chi connectivity index (χ1n) is 5.54. The van der Waals surface area contributed by atoms with Gasteiger partial charge in [-0.2, -0.15) is 0 Å². The molecule has 0 saturated carbocycles. The normalized spacial score (nSPS) is 10.4. The van der Waals surface area contributed by atoms with E-state index in [9.17, 15) is 4.79 Å². The predicted octanol–water partition coefficient (Wildman–Crippen LogP) is 3.30. The zero-order chi connectivity index (χ0) is 13.7. The lowest BCUT2D eigenvalue weighted by atomic mass is 10.2. The fourth-order valence-corrected chi connectivity index (χ4v) is 3.54. The SMILES string of the molecule is CSc1nnc(SCC(=O)Nc2ccc(C)cc2)s1. The van der Waals surface area contributed by atoms with Crippen molar-refractivity contribution in [2.75, 3.05) is 17.3 Å². The molecule has 1 aromatic carbocycles. The summed E-state index contributed by atoms with van der Waals surface area (Å²) in [5.41, 5.74) is 1.99. The molecule has 19 heavy (non-hydrogen) atoms. The van der Waals surface area contributed by atoms with E-state index in [1.54, 1.807) is 11.8 Å². The number of nitrogens with zero attached hydrogens (tertiary/aromatic N) is 2. The molecule has 0 unspecified atom stereocenters. The summed E-state index contributed by atoms with van der Waals surface area (Å²) in [5, 5.41) is 10.8. The molecule has 0 aliphatic carbocycles. The van der Waals surface area contributed by atoms with Crippen LogP contribution >= 0.6 is 34.9 Å². The highest BCUT2D eigenvalue weighted by Crippen LogP contribution is 2.27. The number of aryl methyl sites for hydroxylation is 1. The number of thioether (sulfide) groups is 2. The van der Waals surface area contributed by atoms with Gasteiger partial charge in [-0.05, 0) is 25.3 Å². The average Bonchev–Trinajstić information content (AvgIpc) is 2.87. The van der Waals surface area contributed by atoms with Crippen LogP contribution in [0.1, 0.15) is 5.56 Å². The number of carbonyl (C=O) groups is 1. The molecule has 2 aromatic rings. The molecule has 0 radical (unpaired) electrons. The first-order valence-corrected chi connectivity index (χ1v) is 8.57. The van der Waals surface area contributed by atoms with Crippen LogP contribution < -0.4 is 5.32 Å². The molecule has 0 aliphatic rings. The largest absolute Gasteiger partial charge is 0.325 e. The molecule has 0 fully saturated rings. The molecular weight excluding hydrogens is 298 g/mol. The van der Waals surface area contributed by atoms with Gasteiger partial charge >= 0.3 is 0 Å². The molecule has 4 nitrogen and oxygen atoms in total. The van der Waals surface area contributed by atoms with Crippen LogP contribution in [0, 0.1) is 6.92 Å². The molecule has 1 N–H and O–H groups in total. The van der Waals surface area contributed by atoms with Crippen LogP contribution in [0.15, 0.2) is 32.9 Å². The van der Waals surface area contributed by atoms with Crippen molar-refractivity contribution in [3.63, 3.8) is 0 Å². The molecule has 0 aliphatic heterocycles. The van der Waals surface area contributed by atoms with Crippen molar-refractivity contribution in [2.24, 2.45) is 0 Å². The number of carbonyl (C=O) groups excluding carboxylic acids is 1. The van der Waals surface area contributed by atoms with Crippen molar-refractivity contribution in [2.45, 2.75) is 15.6 Å². The lowest BCUT2D eigenvalue weighted by Gasteiger charge is -2.04. The maximum Gasteiger partial charge on any atom is 0.234 e. The molecule has 7 heteroatoms. The quantitative estimate of drug-likeness (QED) is 0.859. The van der Waals surface area contributed by atoms with Gasteiger partial charge < -0.3 is 5.32 Å². The minimum absolute atomic E-state index is 0.0326. The molecule has 0 spiro atoms. The summed E-state index contributed by atoms with van der Waals surface area (Å²) in [6, 6.07) is 7.74. The molecule has 0 saturated heterocycles. The van der Waals surface area contributed by atoms with Gasteiger partial charge in [0.1, 0.15) is 0 Å². The third-order valence-electron chi connectivity index (χ3n) is 2.22. The van der Waals surface area contributed by atoms with Crippen molar-refractivity contribution >= 4 is 46.5 Å². The van der Waals surface area contributed by atoms with Crippen molar-refractivity contribution in [1.29, 1.82) is 0 Å². The number of hydrogen-bond acceptors (Lipinski definition) is 6. The van der Waals surface area contributed by atoms with Gasteiger partial charge in [0.05, 0.1) is 5.75 Å². The Labute approximate surface area is 124 Å². The van der Waals surface area contributed by atoms with Gasteiger partial charge in [0.2, 0.25) is 5.91 Å². The Morgan fingerprint density at radius 3 is 2.58 bits per heavy atom. The topological polar surface area (TPSA) is 54.9 Å². The van der Waals surface area contributed by atoms with Crippen molar-refractivity contribution < 1.29 is 4.79 Å². The van der Waals surface area contributed by atoms with Crippen LogP contribution in [0.5, 0.6) is 0 Å². The highest BCUT2D eigenvalue weighted by molar-refractivity contribution is 8.03. The second-order valence-electron chi connectivity index (χ2n) is 3.74. The second kappa shape index (κ2) is 6.93. The Morgan fingerprint density at radius 1 is 1.26 bits per heavy atom. The maximum absolute atomic E-state index is 11.8. The van der Waals surface area contributed by atoms with Crippen molar-refractivity contribution in [3.8, 4) is 0 Å². The van der Waals surface area contributed by atoms with Crippen LogP contribution in [-0.4, -0.2) is 28.1 Å². The van der Waals surface area contributed by atoms with E-state index in [1.165, 1.54) is 28.7 Å². The standard InChI is InChI=1S/C12H13N3OS3/c1-8-3-5-9(6-4-8)13-10(16)7-18-12-15-14-11(17-2)19-12/h3-6H,7H2,1-2H3,(H,13,16). The highest BCUT2D eigenvalue weighted by atomic mass is 32.2. The lowest BCUT2D eigenvalue weighted by Crippen LogP contribution is -2.13. The number of anilines is 1. The Hall–Kier alpha value is -1.05. The molecule has 0 atom stereocenters. The summed E-state index contributed by atoms with van der Waals surface area (Å²) >= 11 is 4.47. The maximum atomic E-state index is 11.8. The summed E-state index contributed by atoms with van der Waals surface area (Å²) in [5.74, 6) is 0.312. The highest BCUT2D eigenvalue weighted by Gasteiger charge is 2.07. The van der Waals surface area contributed by atoms with Gasteiger partial charge in [0, 0.05) is 5.69 Å². The summed E-state index contributed by atoms with van der Waals surface area (Å²) in [4.78, 5) is 11.8. The molecule has 1 heterocycles. The van der Waals surface area contributed by atoms with E-state index >= 15 is 0 Å². The van der Waals surface area contributed by atoms with E-state index in [0.29, 0.717) is 5.75 Å². The molecule has 0 bridgehead atoms. The molecule has 100 valence electrons. The Balaban J connectivity index is 1.82. The fraction of sp³-hybridized carbons (Fsp3) is 0.250. The molecule has 2 rings (SSSR count). The van der Waals surface area contributed by atoms with E-state index < -0.39 is 0 Å². The van der Waals surface area contributed by atoms with Crippen LogP contribution in [0.25, 0.3) is 0 Å². The first-order chi connectivity index (χ1) is 9.17. The Kier molecular flexibility index (Phi) is 5.24. The predicted molar refractivity (Wildman–Crippen MR) is 82.2 cm³/mol.